The van der Waals surface area contributed by atoms with E-state index in [9.17, 15) is 14.4 Å². The molecule has 34 heavy (non-hydrogen) atoms. The Bertz CT molecular complexity index is 1410. The average molecular weight is 448 g/mol. The predicted octanol–water partition coefficient (Wildman–Crippen LogP) is 5.42. The number of anilines is 2. The largest absolute Gasteiger partial charge is 0.497 e. The fraction of sp³-hybridized carbons (Fsp3) is 0.0357. The average Bonchev–Trinajstić information content (AvgIpc) is 3.14. The van der Waals surface area contributed by atoms with E-state index in [1.807, 2.05) is 42.5 Å². The first kappa shape index (κ1) is 21.2. The molecule has 0 aromatic heterocycles. The number of carbonyl (C=O) groups excluding carboxylic acids is 3. The fourth-order valence-electron chi connectivity index (χ4n) is 4.01. The molecule has 1 N–H and O–H groups in total. The minimum Gasteiger partial charge on any atom is -0.497 e. The highest BCUT2D eigenvalue weighted by molar-refractivity contribution is 6.35. The summed E-state index contributed by atoms with van der Waals surface area (Å²) < 4.78 is 5.13. The zero-order valence-electron chi connectivity index (χ0n) is 18.3. The Balaban J connectivity index is 1.45. The molecular weight excluding hydrogens is 428 g/mol. The Morgan fingerprint density at radius 3 is 2.15 bits per heavy atom. The van der Waals surface area contributed by atoms with E-state index in [0.717, 1.165) is 11.1 Å². The number of amides is 3. The molecule has 0 fully saturated rings. The van der Waals surface area contributed by atoms with Crippen molar-refractivity contribution in [3.8, 4) is 16.9 Å². The number of benzene rings is 4. The number of rotatable bonds is 5. The Morgan fingerprint density at radius 2 is 1.41 bits per heavy atom. The second-order valence-corrected chi connectivity index (χ2v) is 7.77. The van der Waals surface area contributed by atoms with Crippen LogP contribution in [0.25, 0.3) is 11.1 Å². The maximum Gasteiger partial charge on any atom is 0.266 e. The van der Waals surface area contributed by atoms with Crippen LogP contribution in [-0.4, -0.2) is 24.8 Å². The molecule has 0 unspecified atom stereocenters. The molecule has 0 bridgehead atoms. The second kappa shape index (κ2) is 8.67. The van der Waals surface area contributed by atoms with Gasteiger partial charge in [0.1, 0.15) is 5.75 Å². The summed E-state index contributed by atoms with van der Waals surface area (Å²) >= 11 is 0. The first-order valence-electron chi connectivity index (χ1n) is 10.7. The lowest BCUT2D eigenvalue weighted by molar-refractivity contribution is 0.0925. The van der Waals surface area contributed by atoms with Crippen LogP contribution in [-0.2, 0) is 0 Å². The van der Waals surface area contributed by atoms with E-state index in [4.69, 9.17) is 4.74 Å². The van der Waals surface area contributed by atoms with Gasteiger partial charge in [-0.15, -0.1) is 0 Å². The van der Waals surface area contributed by atoms with Gasteiger partial charge in [0.2, 0.25) is 0 Å². The maximum absolute atomic E-state index is 13.4. The minimum atomic E-state index is -0.456. The molecule has 6 heteroatoms. The summed E-state index contributed by atoms with van der Waals surface area (Å²) in [5.74, 6) is -0.570. The molecule has 6 nitrogen and oxygen atoms in total. The molecule has 1 aliphatic rings. The first-order chi connectivity index (χ1) is 16.6. The molecule has 0 radical (unpaired) electrons. The summed E-state index contributed by atoms with van der Waals surface area (Å²) in [6, 6.07) is 28.3. The van der Waals surface area contributed by atoms with Gasteiger partial charge in [0.05, 0.1) is 23.9 Å². The summed E-state index contributed by atoms with van der Waals surface area (Å²) in [7, 11) is 1.57. The molecule has 4 aromatic carbocycles. The van der Waals surface area contributed by atoms with E-state index in [0.29, 0.717) is 17.1 Å². The van der Waals surface area contributed by atoms with E-state index in [1.54, 1.807) is 49.6 Å². The molecule has 166 valence electrons. The Labute approximate surface area is 196 Å². The third-order valence-electron chi connectivity index (χ3n) is 5.73. The first-order valence-corrected chi connectivity index (χ1v) is 10.7. The van der Waals surface area contributed by atoms with Gasteiger partial charge in [-0.25, -0.2) is 4.90 Å². The lowest BCUT2D eigenvalue weighted by atomic mass is 10.0. The van der Waals surface area contributed by atoms with Gasteiger partial charge in [-0.3, -0.25) is 14.4 Å². The highest BCUT2D eigenvalue weighted by Gasteiger charge is 2.38. The number of hydrogen-bond acceptors (Lipinski definition) is 4. The number of ether oxygens (including phenoxy) is 1. The normalized spacial score (nSPS) is 12.4. The number of methoxy groups -OCH3 is 1. The molecule has 1 heterocycles. The van der Waals surface area contributed by atoms with Crippen LogP contribution in [0.3, 0.4) is 0 Å². The van der Waals surface area contributed by atoms with E-state index in [1.165, 1.54) is 17.0 Å². The molecule has 4 aromatic rings. The van der Waals surface area contributed by atoms with Crippen molar-refractivity contribution in [3.05, 3.63) is 114 Å². The van der Waals surface area contributed by atoms with E-state index in [-0.39, 0.29) is 22.6 Å². The van der Waals surface area contributed by atoms with Crippen molar-refractivity contribution in [2.75, 3.05) is 17.3 Å². The Hall–Kier alpha value is -4.71. The summed E-state index contributed by atoms with van der Waals surface area (Å²) in [5.41, 5.74) is 3.53. The third-order valence-corrected chi connectivity index (χ3v) is 5.73. The van der Waals surface area contributed by atoms with Gasteiger partial charge in [0.25, 0.3) is 17.7 Å². The van der Waals surface area contributed by atoms with Gasteiger partial charge in [0, 0.05) is 16.8 Å². The Kier molecular flexibility index (Phi) is 5.40. The van der Waals surface area contributed by atoms with Crippen molar-refractivity contribution >= 4 is 29.1 Å². The monoisotopic (exact) mass is 448 g/mol. The summed E-state index contributed by atoms with van der Waals surface area (Å²) in [6.07, 6.45) is 0. The molecule has 0 atom stereocenters. The number of fused-ring (bicyclic) bond motifs is 1. The highest BCUT2D eigenvalue weighted by atomic mass is 16.5. The van der Waals surface area contributed by atoms with Gasteiger partial charge in [-0.05, 0) is 54.1 Å². The molecule has 0 saturated carbocycles. The zero-order chi connectivity index (χ0) is 23.7. The van der Waals surface area contributed by atoms with Gasteiger partial charge in [-0.2, -0.15) is 0 Å². The summed E-state index contributed by atoms with van der Waals surface area (Å²) in [4.78, 5) is 40.5. The van der Waals surface area contributed by atoms with Crippen molar-refractivity contribution in [2.24, 2.45) is 0 Å². The van der Waals surface area contributed by atoms with Crippen LogP contribution in [0.4, 0.5) is 11.4 Å². The van der Waals surface area contributed by atoms with Crippen LogP contribution in [0.5, 0.6) is 5.75 Å². The van der Waals surface area contributed by atoms with Crippen molar-refractivity contribution in [3.63, 3.8) is 0 Å². The van der Waals surface area contributed by atoms with Crippen LogP contribution in [0.1, 0.15) is 31.1 Å². The number of para-hydroxylation sites is 1. The third kappa shape index (κ3) is 3.71. The van der Waals surface area contributed by atoms with Crippen LogP contribution in [0, 0.1) is 0 Å². The molecule has 3 amide bonds. The van der Waals surface area contributed by atoms with Gasteiger partial charge in [0.15, 0.2) is 0 Å². The quantitative estimate of drug-likeness (QED) is 0.414. The van der Waals surface area contributed by atoms with Crippen molar-refractivity contribution in [2.45, 2.75) is 0 Å². The van der Waals surface area contributed by atoms with Gasteiger partial charge < -0.3 is 10.1 Å². The number of carbonyl (C=O) groups is 3. The number of hydrogen-bond donors (Lipinski definition) is 1. The maximum atomic E-state index is 13.4. The number of imide groups is 1. The molecule has 1 aliphatic heterocycles. The standard InChI is InChI=1S/C28H20N2O4/c1-34-21-14-12-20(13-15-21)29-26(31)19-11-16-23-24(17-19)28(33)30(27(23)32)25-10-6-5-9-22(25)18-7-3-2-4-8-18/h2-17H,1H3,(H,29,31). The van der Waals surface area contributed by atoms with E-state index in [2.05, 4.69) is 5.32 Å². The van der Waals surface area contributed by atoms with Crippen LogP contribution in [0.15, 0.2) is 97.1 Å². The molecule has 5 rings (SSSR count). The summed E-state index contributed by atoms with van der Waals surface area (Å²) in [6.45, 7) is 0. The lowest BCUT2D eigenvalue weighted by Gasteiger charge is -2.18. The molecule has 0 aliphatic carbocycles. The van der Waals surface area contributed by atoms with E-state index < -0.39 is 11.8 Å². The van der Waals surface area contributed by atoms with Crippen molar-refractivity contribution in [1.82, 2.24) is 0 Å². The van der Waals surface area contributed by atoms with Crippen LogP contribution >= 0.6 is 0 Å². The minimum absolute atomic E-state index is 0.204. The number of nitrogens with zero attached hydrogens (tertiary/aromatic N) is 1. The van der Waals surface area contributed by atoms with Gasteiger partial charge in [-0.1, -0.05) is 48.5 Å². The molecule has 0 spiro atoms. The lowest BCUT2D eigenvalue weighted by Crippen LogP contribution is -2.29. The van der Waals surface area contributed by atoms with Gasteiger partial charge >= 0.3 is 0 Å². The van der Waals surface area contributed by atoms with Crippen LogP contribution < -0.4 is 15.0 Å². The fourth-order valence-corrected chi connectivity index (χ4v) is 4.01. The number of nitrogens with one attached hydrogen (secondary N) is 1. The highest BCUT2D eigenvalue weighted by Crippen LogP contribution is 2.36. The van der Waals surface area contributed by atoms with Crippen molar-refractivity contribution in [1.29, 1.82) is 0 Å². The molecular formula is C28H20N2O4. The Morgan fingerprint density at radius 1 is 0.735 bits per heavy atom. The predicted molar refractivity (Wildman–Crippen MR) is 130 cm³/mol. The summed E-state index contributed by atoms with van der Waals surface area (Å²) in [5, 5.41) is 2.80. The second-order valence-electron chi connectivity index (χ2n) is 7.77. The van der Waals surface area contributed by atoms with E-state index >= 15 is 0 Å². The molecule has 0 saturated heterocycles. The topological polar surface area (TPSA) is 75.7 Å². The van der Waals surface area contributed by atoms with Crippen LogP contribution in [0.2, 0.25) is 0 Å². The SMILES string of the molecule is COc1ccc(NC(=O)c2ccc3c(c2)C(=O)N(c2ccccc2-c2ccccc2)C3=O)cc1. The van der Waals surface area contributed by atoms with Crippen molar-refractivity contribution < 1.29 is 19.1 Å². The smallest absolute Gasteiger partial charge is 0.266 e. The zero-order valence-corrected chi connectivity index (χ0v) is 18.3.